The van der Waals surface area contributed by atoms with Gasteiger partial charge in [-0.2, -0.15) is 9.88 Å². The van der Waals surface area contributed by atoms with Gasteiger partial charge in [0.25, 0.3) is 29.0 Å². The molecule has 3 aromatic rings. The molecule has 25 heteroatoms. The van der Waals surface area contributed by atoms with Gasteiger partial charge in [0.15, 0.2) is 34.6 Å². The molecule has 18 N–H and O–H groups in total. The first-order chi connectivity index (χ1) is 21.2. The van der Waals surface area contributed by atoms with Gasteiger partial charge in [-0.3, -0.25) is 0 Å². The van der Waals surface area contributed by atoms with E-state index in [1.165, 1.54) is 0 Å². The number of phenols is 5. The van der Waals surface area contributed by atoms with E-state index in [-0.39, 0.29) is 7.05 Å². The summed E-state index contributed by atoms with van der Waals surface area (Å²) in [6.45, 7) is 0. The lowest BCUT2D eigenvalue weighted by Crippen LogP contribution is -2.97. The second-order valence-corrected chi connectivity index (χ2v) is 10.8. The topological polar surface area (TPSA) is 403 Å². The molecule has 4 rings (SSSR count). The number of nitrogens with zero attached hydrogens (tertiary/aromatic N) is 2. The molecule has 2 heterocycles. The molecule has 0 bridgehead atoms. The molecule has 0 atom stereocenters. The molecule has 0 amide bonds. The van der Waals surface area contributed by atoms with Gasteiger partial charge in [-0.1, -0.05) is 0 Å². The normalized spacial score (nSPS) is 19.8. The fourth-order valence-corrected chi connectivity index (χ4v) is 5.03. The van der Waals surface area contributed by atoms with Crippen molar-refractivity contribution in [2.24, 2.45) is 0 Å². The Balaban J connectivity index is 2.00. The van der Waals surface area contributed by atoms with Crippen LogP contribution in [-0.4, -0.2) is 146 Å². The van der Waals surface area contributed by atoms with Gasteiger partial charge in [0.2, 0.25) is 11.5 Å². The first-order valence-corrected chi connectivity index (χ1v) is 12.8. The summed E-state index contributed by atoms with van der Waals surface area (Å²) in [5.74, 6) is -37.0. The van der Waals surface area contributed by atoms with Crippen molar-refractivity contribution in [1.29, 1.82) is 0 Å². The van der Waals surface area contributed by atoms with Crippen molar-refractivity contribution in [2.45, 2.75) is 35.0 Å². The van der Waals surface area contributed by atoms with Crippen molar-refractivity contribution in [2.75, 3.05) is 19.5 Å². The van der Waals surface area contributed by atoms with Gasteiger partial charge in [0.05, 0.1) is 12.5 Å². The number of halogens is 2. The quantitative estimate of drug-likeness (QED) is 0.0635. The summed E-state index contributed by atoms with van der Waals surface area (Å²) in [5, 5.41) is 168. The van der Waals surface area contributed by atoms with E-state index in [1.54, 1.807) is 0 Å². The van der Waals surface area contributed by atoms with E-state index in [0.717, 1.165) is 0 Å². The number of hydrogen-bond donors (Lipinski definition) is 18. The molecule has 0 aliphatic carbocycles. The lowest BCUT2D eigenvalue weighted by Gasteiger charge is -2.63. The maximum absolute atomic E-state index is 14.8. The molecule has 1 saturated heterocycles. The molecule has 0 unspecified atom stereocenters. The number of ether oxygens (including phenoxy) is 2. The van der Waals surface area contributed by atoms with Crippen LogP contribution >= 0.6 is 15.9 Å². The summed E-state index contributed by atoms with van der Waals surface area (Å²) < 4.78 is 23.5. The fourth-order valence-electron chi connectivity index (χ4n) is 4.67. The number of nitrogens with one attached hydrogen (secondary N) is 2. The first-order valence-electron chi connectivity index (χ1n) is 12.0. The van der Waals surface area contributed by atoms with E-state index in [2.05, 4.69) is 25.7 Å². The van der Waals surface area contributed by atoms with Crippen molar-refractivity contribution in [3.8, 4) is 40.2 Å². The molecular formula is C22H24BrFN4O19. The number of methoxy groups -OCH3 is 1. The number of rotatable bonds is 6. The van der Waals surface area contributed by atoms with Crippen LogP contribution in [0.4, 0.5) is 15.9 Å². The average molecular weight is 747 g/mol. The Hall–Kier alpha value is -4.09. The van der Waals surface area contributed by atoms with Crippen LogP contribution in [0.3, 0.4) is 0 Å². The highest BCUT2D eigenvalue weighted by molar-refractivity contribution is 9.10. The number of hydrogen-bond acceptors (Lipinski definition) is 22. The zero-order valence-corrected chi connectivity index (χ0v) is 24.6. The zero-order valence-electron chi connectivity index (χ0n) is 23.0. The molecule has 1 aliphatic rings. The van der Waals surface area contributed by atoms with Gasteiger partial charge >= 0.3 is 11.7 Å². The van der Waals surface area contributed by atoms with Crippen LogP contribution in [0.2, 0.25) is 0 Å². The van der Waals surface area contributed by atoms with Crippen LogP contribution in [-0.2, 0) is 0 Å². The summed E-state index contributed by atoms with van der Waals surface area (Å²) >= 11 is 2.60. The number of phenolic OH excluding ortho intramolecular Hbond substituents is 5. The van der Waals surface area contributed by atoms with Crippen LogP contribution in [0.15, 0.2) is 9.27 Å². The Morgan fingerprint density at radius 3 is 1.85 bits per heavy atom. The summed E-state index contributed by atoms with van der Waals surface area (Å²) in [5.41, 5.74) is -9.08. The van der Waals surface area contributed by atoms with Gasteiger partial charge in [-0.15, -0.1) is 0 Å². The number of benzene rings is 2. The number of likely N-dealkylation sites (N-methyl/N-ethyl adjacent to an activating group) is 1. The number of H-pyrrole nitrogens is 1. The van der Waals surface area contributed by atoms with E-state index in [4.69, 9.17) is 4.74 Å². The van der Waals surface area contributed by atoms with Gasteiger partial charge in [-0.25, -0.2) is 9.18 Å². The lowest BCUT2D eigenvalue weighted by molar-refractivity contribution is -0.627. The van der Waals surface area contributed by atoms with Crippen LogP contribution in [0, 0.1) is 5.82 Å². The second kappa shape index (κ2) is 10.5. The number of piperidine rings is 1. The Morgan fingerprint density at radius 2 is 1.36 bits per heavy atom. The van der Waals surface area contributed by atoms with Crippen LogP contribution in [0.1, 0.15) is 0 Å². The van der Waals surface area contributed by atoms with E-state index < -0.39 is 119 Å². The van der Waals surface area contributed by atoms with E-state index in [1.807, 2.05) is 10.3 Å². The maximum Gasteiger partial charge on any atom is 0.364 e. The van der Waals surface area contributed by atoms with Crippen molar-refractivity contribution in [3.05, 3.63) is 20.8 Å². The minimum absolute atomic E-state index is 0.202. The van der Waals surface area contributed by atoms with E-state index >= 15 is 0 Å². The Bertz CT molecular complexity index is 1810. The summed E-state index contributed by atoms with van der Waals surface area (Å²) in [7, 11) is 0.869. The van der Waals surface area contributed by atoms with Gasteiger partial charge in [0.1, 0.15) is 21.5 Å². The Kier molecular flexibility index (Phi) is 7.95. The number of aromatic nitrogens is 2. The standard InChI is InChI=1S/C22H24BrFN4O19/c1-28-20(40,41)18(36,37)17(35,19(38,39)21(28,42)43)22(44,45)47-14-12(33)6-3(8(29)13(14)46-2)15(27-16(34)26-6)25-7-5(24)9(30)4(23)10(31)11(7)32/h29-33,35-45H,1-2H3,(H2,25,26,27,34). The molecule has 0 radical (unpaired) electrons. The smallest absolute Gasteiger partial charge is 0.364 e. The number of aliphatic hydroxyl groups is 11. The van der Waals surface area contributed by atoms with Gasteiger partial charge < -0.3 is 101 Å². The summed E-state index contributed by atoms with van der Waals surface area (Å²) in [6, 6.07) is 0. The molecule has 260 valence electrons. The number of fused-ring (bicyclic) bond motifs is 1. The second-order valence-electron chi connectivity index (χ2n) is 9.97. The third-order valence-electron chi connectivity index (χ3n) is 7.39. The first kappa shape index (κ1) is 35.8. The summed E-state index contributed by atoms with van der Waals surface area (Å²) in [6.07, 6.45) is 0. The number of anilines is 2. The number of aromatic amines is 1. The molecule has 1 aromatic heterocycles. The summed E-state index contributed by atoms with van der Waals surface area (Å²) in [4.78, 5) is 16.8. The number of likely N-dealkylation sites (tertiary alicyclic amines) is 1. The molecule has 0 spiro atoms. The molecular weight excluding hydrogens is 723 g/mol. The van der Waals surface area contributed by atoms with Crippen LogP contribution in [0.5, 0.6) is 40.2 Å². The Labute approximate surface area is 264 Å². The molecule has 0 saturated carbocycles. The average Bonchev–Trinajstić information content (AvgIpc) is 2.97. The molecule has 1 fully saturated rings. The van der Waals surface area contributed by atoms with Crippen LogP contribution < -0.4 is 20.5 Å². The largest absolute Gasteiger partial charge is 0.504 e. The number of aromatic hydroxyl groups is 5. The third-order valence-corrected chi connectivity index (χ3v) is 8.14. The predicted molar refractivity (Wildman–Crippen MR) is 144 cm³/mol. The highest BCUT2D eigenvalue weighted by atomic mass is 79.9. The van der Waals surface area contributed by atoms with E-state index in [9.17, 15) is 90.9 Å². The minimum atomic E-state index is -5.33. The third kappa shape index (κ3) is 4.35. The fraction of sp³-hybridized carbons (Fsp3) is 0.364. The molecule has 2 aromatic carbocycles. The molecule has 23 nitrogen and oxygen atoms in total. The van der Waals surface area contributed by atoms with Crippen LogP contribution in [0.25, 0.3) is 10.9 Å². The Morgan fingerprint density at radius 1 is 0.851 bits per heavy atom. The highest BCUT2D eigenvalue weighted by Crippen LogP contribution is 2.57. The van der Waals surface area contributed by atoms with E-state index in [0.29, 0.717) is 7.11 Å². The minimum Gasteiger partial charge on any atom is -0.504 e. The van der Waals surface area contributed by atoms with Crippen molar-refractivity contribution >= 4 is 38.3 Å². The monoisotopic (exact) mass is 746 g/mol. The van der Waals surface area contributed by atoms with Crippen molar-refractivity contribution < 1.29 is 95.6 Å². The SMILES string of the molecule is COc1c(OC(O)(O)C2(O)C(O)(O)C(O)(O)N(C)C(O)(O)C2(O)O)c(O)c2[nH]c(=O)nc(Nc3c(O)c(O)c(Br)c(O)c3F)c2c1O. The zero-order chi connectivity index (χ0) is 36.2. The lowest BCUT2D eigenvalue weighted by atomic mass is 9.73. The van der Waals surface area contributed by atoms with Gasteiger partial charge in [0, 0.05) is 0 Å². The van der Waals surface area contributed by atoms with Gasteiger partial charge in [-0.05, 0) is 23.0 Å². The molecule has 47 heavy (non-hydrogen) atoms. The van der Waals surface area contributed by atoms with Crippen molar-refractivity contribution in [3.63, 3.8) is 0 Å². The van der Waals surface area contributed by atoms with Crippen molar-refractivity contribution in [1.82, 2.24) is 14.9 Å². The molecule has 1 aliphatic heterocycles. The maximum atomic E-state index is 14.8. The predicted octanol–water partition coefficient (Wildman–Crippen LogP) is -5.56. The highest BCUT2D eigenvalue weighted by Gasteiger charge is 2.91.